The summed E-state index contributed by atoms with van der Waals surface area (Å²) >= 11 is 0. The highest BCUT2D eigenvalue weighted by Gasteiger charge is 2.45. The Balaban J connectivity index is 0.00000156. The summed E-state index contributed by atoms with van der Waals surface area (Å²) in [7, 11) is 4.67. The second kappa shape index (κ2) is 10.9. The van der Waals surface area contributed by atoms with Gasteiger partial charge in [0.25, 0.3) is 5.56 Å². The van der Waals surface area contributed by atoms with Crippen LogP contribution in [0.1, 0.15) is 66.5 Å². The van der Waals surface area contributed by atoms with Crippen LogP contribution in [-0.2, 0) is 41.1 Å². The lowest BCUT2D eigenvalue weighted by molar-refractivity contribution is -0.172. The van der Waals surface area contributed by atoms with Crippen molar-refractivity contribution in [2.24, 2.45) is 0 Å². The Morgan fingerprint density at radius 2 is 1.89 bits per heavy atom. The van der Waals surface area contributed by atoms with Gasteiger partial charge in [-0.15, -0.1) is 17.9 Å². The second-order valence-electron chi connectivity index (χ2n) is 9.41. The van der Waals surface area contributed by atoms with Gasteiger partial charge in [-0.05, 0) is 61.8 Å². The number of aliphatic hydroxyl groups is 2. The van der Waals surface area contributed by atoms with E-state index < -0.39 is 11.6 Å². The average Bonchev–Trinajstić information content (AvgIpc) is 3.27. The molecule has 0 saturated carbocycles. The average molecular weight is 547 g/mol. The number of aliphatic hydroxyl groups excluding tert-OH is 1. The first-order valence-corrected chi connectivity index (χ1v) is 15.2. The first kappa shape index (κ1) is 27.8. The highest BCUT2D eigenvalue weighted by atomic mass is 32.0. The molecular weight excluding hydrogens is 513 g/mol. The number of ether oxygens (including phenoxy) is 1. The molecule has 2 aliphatic heterocycles. The SMILES string of the molecule is CCc1c2c(nc3cc(F)c(C)c(CCCCO)c13)-c1cc3c(c(=O)n1C2)COC(=O)[C@]3(O)CC.PP. The molecule has 1 aromatic carbocycles. The van der Waals surface area contributed by atoms with Crippen LogP contribution >= 0.6 is 17.9 Å². The van der Waals surface area contributed by atoms with Crippen LogP contribution in [0.15, 0.2) is 16.9 Å². The number of cyclic esters (lactones) is 1. The lowest BCUT2D eigenvalue weighted by Crippen LogP contribution is -2.44. The lowest BCUT2D eigenvalue weighted by atomic mass is 9.86. The number of hydrogen-bond donors (Lipinski definition) is 2. The maximum atomic E-state index is 15.0. The number of hydrogen-bond acceptors (Lipinski definition) is 6. The first-order valence-electron chi connectivity index (χ1n) is 12.5. The normalized spacial score (nSPS) is 17.6. The molecule has 2 N–H and O–H groups in total. The van der Waals surface area contributed by atoms with Gasteiger partial charge in [0.05, 0.1) is 29.0 Å². The summed E-state index contributed by atoms with van der Waals surface area (Å²) in [5.74, 6) is -1.10. The fourth-order valence-corrected chi connectivity index (χ4v) is 5.60. The number of unbranched alkanes of at least 4 members (excludes halogenated alkanes) is 1. The third-order valence-electron chi connectivity index (χ3n) is 7.61. The van der Waals surface area contributed by atoms with Crippen LogP contribution < -0.4 is 5.56 Å². The van der Waals surface area contributed by atoms with Gasteiger partial charge in [-0.25, -0.2) is 14.2 Å². The number of nitrogens with zero attached hydrogens (tertiary/aromatic N) is 2. The van der Waals surface area contributed by atoms with Gasteiger partial charge >= 0.3 is 5.97 Å². The minimum Gasteiger partial charge on any atom is -0.458 e. The van der Waals surface area contributed by atoms with E-state index in [1.165, 1.54) is 6.07 Å². The number of aromatic nitrogens is 2. The molecule has 4 heterocycles. The largest absolute Gasteiger partial charge is 0.458 e. The Labute approximate surface area is 219 Å². The van der Waals surface area contributed by atoms with E-state index in [0.29, 0.717) is 48.3 Å². The highest BCUT2D eigenvalue weighted by Crippen LogP contribution is 2.41. The lowest BCUT2D eigenvalue weighted by Gasteiger charge is -2.31. The molecule has 2 unspecified atom stereocenters. The predicted molar refractivity (Wildman–Crippen MR) is 148 cm³/mol. The molecule has 0 radical (unpaired) electrons. The van der Waals surface area contributed by atoms with E-state index in [1.54, 1.807) is 24.5 Å². The number of aryl methyl sites for hydroxylation is 2. The van der Waals surface area contributed by atoms with Gasteiger partial charge in [-0.2, -0.15) is 0 Å². The Morgan fingerprint density at radius 1 is 1.16 bits per heavy atom. The fourth-order valence-electron chi connectivity index (χ4n) is 5.60. The van der Waals surface area contributed by atoms with Gasteiger partial charge < -0.3 is 19.5 Å². The van der Waals surface area contributed by atoms with Crippen molar-refractivity contribution in [3.05, 3.63) is 61.7 Å². The van der Waals surface area contributed by atoms with Crippen molar-refractivity contribution in [3.8, 4) is 11.4 Å². The van der Waals surface area contributed by atoms with E-state index in [4.69, 9.17) is 9.72 Å². The zero-order valence-electron chi connectivity index (χ0n) is 21.4. The second-order valence-corrected chi connectivity index (χ2v) is 9.41. The quantitative estimate of drug-likeness (QED) is 0.215. The van der Waals surface area contributed by atoms with Gasteiger partial charge in [-0.3, -0.25) is 4.79 Å². The van der Waals surface area contributed by atoms with Crippen molar-refractivity contribution in [1.29, 1.82) is 0 Å². The van der Waals surface area contributed by atoms with Crippen LogP contribution in [0.2, 0.25) is 0 Å². The number of pyridine rings is 2. The van der Waals surface area contributed by atoms with Crippen LogP contribution in [0.25, 0.3) is 22.3 Å². The molecule has 10 heteroatoms. The Morgan fingerprint density at radius 3 is 2.54 bits per heavy atom. The molecule has 0 spiro atoms. The monoisotopic (exact) mass is 546 g/mol. The number of benzene rings is 1. The number of rotatable bonds is 6. The van der Waals surface area contributed by atoms with Crippen molar-refractivity contribution >= 4 is 34.7 Å². The molecule has 0 bridgehead atoms. The summed E-state index contributed by atoms with van der Waals surface area (Å²) in [5, 5.41) is 21.2. The molecule has 7 nitrogen and oxygen atoms in total. The summed E-state index contributed by atoms with van der Waals surface area (Å²) in [5.41, 5.74) is 3.35. The van der Waals surface area contributed by atoms with Crippen molar-refractivity contribution in [3.63, 3.8) is 0 Å². The Hall–Kier alpha value is -2.24. The van der Waals surface area contributed by atoms with E-state index in [1.807, 2.05) is 6.92 Å². The van der Waals surface area contributed by atoms with Crippen LogP contribution in [0, 0.1) is 12.7 Å². The molecule has 2 aliphatic rings. The van der Waals surface area contributed by atoms with Crippen molar-refractivity contribution in [1.82, 2.24) is 9.55 Å². The summed E-state index contributed by atoms with van der Waals surface area (Å²) in [6, 6.07) is 3.12. The number of esters is 1. The zero-order chi connectivity index (χ0) is 27.1. The fraction of sp³-hybridized carbons (Fsp3) is 0.444. The molecule has 0 aliphatic carbocycles. The van der Waals surface area contributed by atoms with Gasteiger partial charge in [0, 0.05) is 29.2 Å². The van der Waals surface area contributed by atoms with Crippen LogP contribution in [0.4, 0.5) is 4.39 Å². The van der Waals surface area contributed by atoms with Crippen molar-refractivity contribution < 1.29 is 24.1 Å². The third kappa shape index (κ3) is 4.32. The summed E-state index contributed by atoms with van der Waals surface area (Å²) in [4.78, 5) is 30.7. The van der Waals surface area contributed by atoms with Gasteiger partial charge in [0.1, 0.15) is 12.4 Å². The minimum absolute atomic E-state index is 0.0711. The molecule has 5 rings (SSSR count). The van der Waals surface area contributed by atoms with Gasteiger partial charge in [0.15, 0.2) is 5.60 Å². The topological polar surface area (TPSA) is 102 Å². The van der Waals surface area contributed by atoms with E-state index in [-0.39, 0.29) is 42.1 Å². The number of fused-ring (bicyclic) bond motifs is 5. The molecule has 0 amide bonds. The van der Waals surface area contributed by atoms with Crippen molar-refractivity contribution in [2.45, 2.75) is 71.6 Å². The van der Waals surface area contributed by atoms with Crippen LogP contribution in [0.3, 0.4) is 0 Å². The smallest absolute Gasteiger partial charge is 0.343 e. The highest BCUT2D eigenvalue weighted by molar-refractivity contribution is 7.92. The summed E-state index contributed by atoms with van der Waals surface area (Å²) < 4.78 is 21.7. The van der Waals surface area contributed by atoms with E-state index in [0.717, 1.165) is 28.5 Å². The molecule has 3 aromatic rings. The van der Waals surface area contributed by atoms with Crippen LogP contribution in [0.5, 0.6) is 0 Å². The van der Waals surface area contributed by atoms with E-state index >= 15 is 0 Å². The van der Waals surface area contributed by atoms with Gasteiger partial charge in [-0.1, -0.05) is 13.8 Å². The van der Waals surface area contributed by atoms with Crippen molar-refractivity contribution in [2.75, 3.05) is 6.61 Å². The maximum Gasteiger partial charge on any atom is 0.343 e. The molecule has 3 atom stereocenters. The summed E-state index contributed by atoms with van der Waals surface area (Å²) in [6.45, 7) is 5.69. The Bertz CT molecular complexity index is 1460. The van der Waals surface area contributed by atoms with Gasteiger partial charge in [0.2, 0.25) is 0 Å². The van der Waals surface area contributed by atoms with E-state index in [9.17, 15) is 24.2 Å². The number of carbonyl (C=O) groups is 1. The number of halogens is 1. The molecule has 37 heavy (non-hydrogen) atoms. The summed E-state index contributed by atoms with van der Waals surface area (Å²) in [6.07, 6.45) is 2.72. The third-order valence-corrected chi connectivity index (χ3v) is 7.61. The molecular formula is C27H33FN2O5P2. The molecule has 2 aromatic heterocycles. The first-order chi connectivity index (χ1) is 17.8. The molecule has 0 saturated heterocycles. The van der Waals surface area contributed by atoms with Crippen LogP contribution in [-0.4, -0.2) is 32.3 Å². The standard InChI is InChI=1S/C27H29FN2O5.H4P2/c1-4-15-17-12-30-22(10-19-18(25(30)32)13-35-26(33)27(19,34)5-2)24(17)29-21-11-20(28)14(3)16(23(15)21)8-6-7-9-31;1-2/h10-11,31,34H,4-9,12-13H2,1-3H3;1-2H2/t27-;/m0./s1. The molecule has 0 fully saturated rings. The van der Waals surface area contributed by atoms with E-state index in [2.05, 4.69) is 17.9 Å². The molecule has 198 valence electrons. The zero-order valence-corrected chi connectivity index (χ0v) is 23.7. The minimum atomic E-state index is -1.89. The Kier molecular flexibility index (Phi) is 8.16. The number of carbonyl (C=O) groups excluding carboxylic acids is 1. The maximum absolute atomic E-state index is 15.0. The predicted octanol–water partition coefficient (Wildman–Crippen LogP) is 4.06.